The van der Waals surface area contributed by atoms with E-state index >= 15 is 0 Å². The van der Waals surface area contributed by atoms with Crippen LogP contribution < -0.4 is 5.73 Å². The molecule has 1 heterocycles. The van der Waals surface area contributed by atoms with E-state index in [0.29, 0.717) is 12.6 Å². The number of halogens is 1. The first-order valence-electron chi connectivity index (χ1n) is 6.13. The second-order valence-electron chi connectivity index (χ2n) is 4.68. The molecular weight excluding hydrogens is 215 g/mol. The smallest absolute Gasteiger partial charge is 0.132 e. The fourth-order valence-corrected chi connectivity index (χ4v) is 2.26. The van der Waals surface area contributed by atoms with Crippen LogP contribution in [-0.4, -0.2) is 11.1 Å². The van der Waals surface area contributed by atoms with Gasteiger partial charge in [0.2, 0.25) is 0 Å². The Kier molecular flexibility index (Phi) is 3.48. The van der Waals surface area contributed by atoms with E-state index in [2.05, 4.69) is 24.6 Å². The van der Waals surface area contributed by atoms with Crippen LogP contribution in [0.1, 0.15) is 31.9 Å². The Morgan fingerprint density at radius 1 is 1.35 bits per heavy atom. The van der Waals surface area contributed by atoms with Gasteiger partial charge in [-0.3, -0.25) is 0 Å². The summed E-state index contributed by atoms with van der Waals surface area (Å²) in [7, 11) is 0. The van der Waals surface area contributed by atoms with E-state index in [1.165, 1.54) is 6.07 Å². The minimum atomic E-state index is -0.131. The van der Waals surface area contributed by atoms with E-state index in [4.69, 9.17) is 5.73 Å². The fourth-order valence-electron chi connectivity index (χ4n) is 2.26. The number of nitrogens with zero attached hydrogens (tertiary/aromatic N) is 1. The molecular formula is C14H19FN2. The van der Waals surface area contributed by atoms with Gasteiger partial charge in [-0.25, -0.2) is 4.39 Å². The Balaban J connectivity index is 2.59. The van der Waals surface area contributed by atoms with Crippen molar-refractivity contribution in [1.29, 1.82) is 0 Å². The van der Waals surface area contributed by atoms with E-state index < -0.39 is 0 Å². The molecule has 2 nitrogen and oxygen atoms in total. The van der Waals surface area contributed by atoms with Crippen molar-refractivity contribution >= 4 is 10.9 Å². The molecule has 0 saturated heterocycles. The molecule has 17 heavy (non-hydrogen) atoms. The third kappa shape index (κ3) is 2.20. The summed E-state index contributed by atoms with van der Waals surface area (Å²) in [5, 5.41) is 0.759. The minimum Gasteiger partial charge on any atom is -0.345 e. The van der Waals surface area contributed by atoms with Crippen molar-refractivity contribution in [1.82, 2.24) is 4.57 Å². The Hall–Kier alpha value is -1.35. The predicted octanol–water partition coefficient (Wildman–Crippen LogP) is 3.25. The average Bonchev–Trinajstić information content (AvgIpc) is 2.67. The maximum Gasteiger partial charge on any atom is 0.132 e. The van der Waals surface area contributed by atoms with E-state index in [0.717, 1.165) is 29.3 Å². The third-order valence-corrected chi connectivity index (χ3v) is 3.09. The average molecular weight is 234 g/mol. The topological polar surface area (TPSA) is 30.9 Å². The molecule has 0 fully saturated rings. The molecule has 0 saturated carbocycles. The van der Waals surface area contributed by atoms with Gasteiger partial charge in [0.25, 0.3) is 0 Å². The molecule has 0 aliphatic carbocycles. The summed E-state index contributed by atoms with van der Waals surface area (Å²) in [6.07, 6.45) is 3.80. The van der Waals surface area contributed by atoms with Gasteiger partial charge in [-0.1, -0.05) is 6.07 Å². The van der Waals surface area contributed by atoms with Crippen molar-refractivity contribution in [3.8, 4) is 0 Å². The van der Waals surface area contributed by atoms with Crippen molar-refractivity contribution in [3.05, 3.63) is 35.8 Å². The molecule has 0 atom stereocenters. The summed E-state index contributed by atoms with van der Waals surface area (Å²) in [6.45, 7) is 4.86. The highest BCUT2D eigenvalue weighted by Gasteiger charge is 2.13. The Morgan fingerprint density at radius 2 is 2.12 bits per heavy atom. The summed E-state index contributed by atoms with van der Waals surface area (Å²) in [4.78, 5) is 0. The molecule has 0 amide bonds. The van der Waals surface area contributed by atoms with Gasteiger partial charge in [0.15, 0.2) is 0 Å². The summed E-state index contributed by atoms with van der Waals surface area (Å²) < 4.78 is 16.0. The van der Waals surface area contributed by atoms with Crippen molar-refractivity contribution in [2.45, 2.75) is 32.7 Å². The van der Waals surface area contributed by atoms with Gasteiger partial charge in [0.05, 0.1) is 5.52 Å². The van der Waals surface area contributed by atoms with Gasteiger partial charge >= 0.3 is 0 Å². The standard InChI is InChI=1S/C14H19FN2/c1-10(2)17-9-11(5-4-8-16)14-12(15)6-3-7-13(14)17/h3,6-7,9-10H,4-5,8,16H2,1-2H3. The minimum absolute atomic E-state index is 0.131. The predicted molar refractivity (Wildman–Crippen MR) is 69.7 cm³/mol. The molecule has 1 aromatic carbocycles. The van der Waals surface area contributed by atoms with E-state index in [1.54, 1.807) is 6.07 Å². The zero-order valence-corrected chi connectivity index (χ0v) is 10.4. The Morgan fingerprint density at radius 3 is 2.76 bits per heavy atom. The molecule has 2 rings (SSSR count). The van der Waals surface area contributed by atoms with Crippen LogP contribution in [0.4, 0.5) is 4.39 Å². The van der Waals surface area contributed by atoms with Crippen LogP contribution in [0.15, 0.2) is 24.4 Å². The van der Waals surface area contributed by atoms with Gasteiger partial charge in [-0.2, -0.15) is 0 Å². The molecule has 1 aromatic heterocycles. The van der Waals surface area contributed by atoms with E-state index in [9.17, 15) is 4.39 Å². The quantitative estimate of drug-likeness (QED) is 0.865. The van der Waals surface area contributed by atoms with Crippen LogP contribution in [0.25, 0.3) is 10.9 Å². The fraction of sp³-hybridized carbons (Fsp3) is 0.429. The van der Waals surface area contributed by atoms with Crippen LogP contribution in [0, 0.1) is 5.82 Å². The molecule has 2 N–H and O–H groups in total. The number of aryl methyl sites for hydroxylation is 1. The normalized spacial score (nSPS) is 11.6. The first-order valence-corrected chi connectivity index (χ1v) is 6.13. The number of aromatic nitrogens is 1. The van der Waals surface area contributed by atoms with Crippen molar-refractivity contribution in [2.24, 2.45) is 5.73 Å². The monoisotopic (exact) mass is 234 g/mol. The summed E-state index contributed by atoms with van der Waals surface area (Å²) in [6, 6.07) is 5.61. The summed E-state index contributed by atoms with van der Waals surface area (Å²) in [5.74, 6) is -0.131. The first-order chi connectivity index (χ1) is 8.15. The highest BCUT2D eigenvalue weighted by Crippen LogP contribution is 2.27. The number of hydrogen-bond acceptors (Lipinski definition) is 1. The lowest BCUT2D eigenvalue weighted by Crippen LogP contribution is -2.00. The van der Waals surface area contributed by atoms with E-state index in [1.807, 2.05) is 6.07 Å². The summed E-state index contributed by atoms with van der Waals surface area (Å²) >= 11 is 0. The lowest BCUT2D eigenvalue weighted by molar-refractivity contribution is 0.618. The second-order valence-corrected chi connectivity index (χ2v) is 4.68. The lowest BCUT2D eigenvalue weighted by atomic mass is 10.1. The number of fused-ring (bicyclic) bond motifs is 1. The molecule has 0 unspecified atom stereocenters. The first kappa shape index (κ1) is 12.1. The van der Waals surface area contributed by atoms with Gasteiger partial charge in [-0.05, 0) is 50.9 Å². The van der Waals surface area contributed by atoms with Crippen LogP contribution in [0.3, 0.4) is 0 Å². The molecule has 0 radical (unpaired) electrons. The molecule has 3 heteroatoms. The van der Waals surface area contributed by atoms with Gasteiger partial charge in [0, 0.05) is 17.6 Å². The van der Waals surface area contributed by atoms with Gasteiger partial charge in [0.1, 0.15) is 5.82 Å². The van der Waals surface area contributed by atoms with Crippen LogP contribution in [0.2, 0.25) is 0 Å². The second kappa shape index (κ2) is 4.88. The zero-order valence-electron chi connectivity index (χ0n) is 10.4. The SMILES string of the molecule is CC(C)n1cc(CCCN)c2c(F)cccc21. The number of nitrogens with two attached hydrogens (primary N) is 1. The highest BCUT2D eigenvalue weighted by atomic mass is 19.1. The molecule has 0 spiro atoms. The molecule has 0 bridgehead atoms. The Labute approximate surface area is 101 Å². The number of hydrogen-bond donors (Lipinski definition) is 1. The summed E-state index contributed by atoms with van der Waals surface area (Å²) in [5.41, 5.74) is 7.57. The van der Waals surface area contributed by atoms with Crippen molar-refractivity contribution < 1.29 is 4.39 Å². The van der Waals surface area contributed by atoms with Crippen molar-refractivity contribution in [2.75, 3.05) is 6.54 Å². The van der Waals surface area contributed by atoms with Crippen LogP contribution in [0.5, 0.6) is 0 Å². The maximum absolute atomic E-state index is 13.9. The number of rotatable bonds is 4. The van der Waals surface area contributed by atoms with Gasteiger partial charge in [-0.15, -0.1) is 0 Å². The van der Waals surface area contributed by atoms with Crippen LogP contribution >= 0.6 is 0 Å². The van der Waals surface area contributed by atoms with Crippen molar-refractivity contribution in [3.63, 3.8) is 0 Å². The molecule has 0 aliphatic rings. The third-order valence-electron chi connectivity index (χ3n) is 3.09. The lowest BCUT2D eigenvalue weighted by Gasteiger charge is -2.08. The van der Waals surface area contributed by atoms with Crippen LogP contribution in [-0.2, 0) is 6.42 Å². The highest BCUT2D eigenvalue weighted by molar-refractivity contribution is 5.84. The molecule has 92 valence electrons. The van der Waals surface area contributed by atoms with Gasteiger partial charge < -0.3 is 10.3 Å². The molecule has 2 aromatic rings. The zero-order chi connectivity index (χ0) is 12.4. The largest absolute Gasteiger partial charge is 0.345 e. The number of benzene rings is 1. The van der Waals surface area contributed by atoms with E-state index in [-0.39, 0.29) is 5.82 Å². The maximum atomic E-state index is 13.9. The Bertz CT molecular complexity index is 514. The molecule has 0 aliphatic heterocycles.